The highest BCUT2D eigenvalue weighted by molar-refractivity contribution is 5.76. The maximum atomic E-state index is 11.1. The number of pyridine rings is 1. The van der Waals surface area contributed by atoms with E-state index in [1.807, 2.05) is 24.3 Å². The molecule has 0 amide bonds. The second kappa shape index (κ2) is 7.64. The molecule has 0 aliphatic carbocycles. The summed E-state index contributed by atoms with van der Waals surface area (Å²) in [4.78, 5) is 24.1. The van der Waals surface area contributed by atoms with E-state index in [0.29, 0.717) is 49.0 Å². The first kappa shape index (κ1) is 18.4. The highest BCUT2D eigenvalue weighted by atomic mass is 16.3. The molecule has 30 heavy (non-hydrogen) atoms. The lowest BCUT2D eigenvalue weighted by atomic mass is 9.85. The molecule has 0 aromatic carbocycles. The fraction of sp³-hybridized carbons (Fsp3) is 0.227. The minimum Gasteiger partial charge on any atom is -0.463 e. The van der Waals surface area contributed by atoms with E-state index >= 15 is 0 Å². The van der Waals surface area contributed by atoms with Gasteiger partial charge in [-0.2, -0.15) is 0 Å². The molecule has 1 aliphatic heterocycles. The highest BCUT2D eigenvalue weighted by Gasteiger charge is 2.35. The van der Waals surface area contributed by atoms with Crippen molar-refractivity contribution in [3.05, 3.63) is 73.3 Å². The molecule has 0 unspecified atom stereocenters. The molecular formula is C22H20N6O2. The Morgan fingerprint density at radius 2 is 1.80 bits per heavy atom. The van der Waals surface area contributed by atoms with E-state index in [1.54, 1.807) is 43.4 Å². The highest BCUT2D eigenvalue weighted by Crippen LogP contribution is 2.35. The summed E-state index contributed by atoms with van der Waals surface area (Å²) in [7, 11) is 0. The van der Waals surface area contributed by atoms with E-state index in [9.17, 15) is 5.11 Å². The number of piperidine rings is 1. The van der Waals surface area contributed by atoms with Crippen molar-refractivity contribution in [3.63, 3.8) is 0 Å². The van der Waals surface area contributed by atoms with Crippen molar-refractivity contribution >= 4 is 5.95 Å². The zero-order valence-electron chi connectivity index (χ0n) is 16.2. The minimum absolute atomic E-state index is 0.573. The summed E-state index contributed by atoms with van der Waals surface area (Å²) in [5.41, 5.74) is 2.07. The summed E-state index contributed by atoms with van der Waals surface area (Å²) >= 11 is 0. The molecule has 0 saturated carbocycles. The average molecular weight is 400 g/mol. The van der Waals surface area contributed by atoms with Crippen LogP contribution in [-0.4, -0.2) is 43.1 Å². The van der Waals surface area contributed by atoms with Gasteiger partial charge in [0.2, 0.25) is 5.95 Å². The topological polar surface area (TPSA) is 101 Å². The maximum Gasteiger partial charge on any atom is 0.226 e. The van der Waals surface area contributed by atoms with Crippen molar-refractivity contribution < 1.29 is 9.52 Å². The van der Waals surface area contributed by atoms with Gasteiger partial charge in [0.05, 0.1) is 23.8 Å². The number of aliphatic hydroxyl groups is 1. The van der Waals surface area contributed by atoms with Crippen LogP contribution in [0.2, 0.25) is 0 Å². The molecule has 5 rings (SSSR count). The van der Waals surface area contributed by atoms with E-state index < -0.39 is 5.60 Å². The first-order valence-corrected chi connectivity index (χ1v) is 9.78. The van der Waals surface area contributed by atoms with Gasteiger partial charge in [-0.05, 0) is 31.0 Å². The van der Waals surface area contributed by atoms with Crippen molar-refractivity contribution in [1.29, 1.82) is 0 Å². The predicted molar refractivity (Wildman–Crippen MR) is 110 cm³/mol. The molecule has 0 bridgehead atoms. The Morgan fingerprint density at radius 1 is 0.933 bits per heavy atom. The van der Waals surface area contributed by atoms with Crippen LogP contribution in [0.25, 0.3) is 22.7 Å². The van der Waals surface area contributed by atoms with E-state index in [2.05, 4.69) is 24.8 Å². The lowest BCUT2D eigenvalue weighted by Crippen LogP contribution is -2.43. The van der Waals surface area contributed by atoms with Crippen LogP contribution in [0.15, 0.2) is 72.1 Å². The Bertz CT molecular complexity index is 1110. The van der Waals surface area contributed by atoms with Crippen LogP contribution in [0.1, 0.15) is 18.4 Å². The quantitative estimate of drug-likeness (QED) is 0.558. The maximum absolute atomic E-state index is 11.1. The number of nitrogens with zero attached hydrogens (tertiary/aromatic N) is 6. The normalized spacial score (nSPS) is 15.8. The molecule has 8 heteroatoms. The third-order valence-electron chi connectivity index (χ3n) is 5.44. The smallest absolute Gasteiger partial charge is 0.226 e. The first-order chi connectivity index (χ1) is 14.7. The summed E-state index contributed by atoms with van der Waals surface area (Å²) in [6.45, 7) is 1.26. The number of aromatic nitrogens is 5. The van der Waals surface area contributed by atoms with Crippen molar-refractivity contribution in [2.75, 3.05) is 18.0 Å². The predicted octanol–water partition coefficient (Wildman–Crippen LogP) is 3.08. The molecule has 0 radical (unpaired) electrons. The second-order valence-corrected chi connectivity index (χ2v) is 7.26. The molecule has 0 atom stereocenters. The second-order valence-electron chi connectivity index (χ2n) is 7.26. The monoisotopic (exact) mass is 400 g/mol. The molecule has 1 N–H and O–H groups in total. The van der Waals surface area contributed by atoms with E-state index in [0.717, 1.165) is 11.1 Å². The van der Waals surface area contributed by atoms with E-state index in [1.165, 1.54) is 0 Å². The molecule has 1 saturated heterocycles. The zero-order valence-corrected chi connectivity index (χ0v) is 16.2. The molecule has 1 aliphatic rings. The summed E-state index contributed by atoms with van der Waals surface area (Å²) in [5.74, 6) is 1.24. The standard InChI is InChI=1S/C22H20N6O2/c29-22(16-3-1-7-23-13-16)5-10-28(11-6-22)21-26-14-17(18-15-24-8-9-25-18)20(27-21)19-4-2-12-30-19/h1-4,7-9,12-15,29H,5-6,10-11H2. The van der Waals surface area contributed by atoms with Gasteiger partial charge >= 0.3 is 0 Å². The van der Waals surface area contributed by atoms with E-state index in [-0.39, 0.29) is 0 Å². The van der Waals surface area contributed by atoms with Crippen molar-refractivity contribution in [2.24, 2.45) is 0 Å². The summed E-state index contributed by atoms with van der Waals surface area (Å²) in [6.07, 6.45) is 12.9. The number of furan rings is 1. The fourth-order valence-corrected chi connectivity index (χ4v) is 3.75. The third kappa shape index (κ3) is 3.42. The molecular weight excluding hydrogens is 380 g/mol. The van der Waals surface area contributed by atoms with Crippen LogP contribution in [0, 0.1) is 0 Å². The van der Waals surface area contributed by atoms with Gasteiger partial charge in [0.25, 0.3) is 0 Å². The average Bonchev–Trinajstić information content (AvgIpc) is 3.35. The zero-order chi connectivity index (χ0) is 20.4. The molecule has 0 spiro atoms. The lowest BCUT2D eigenvalue weighted by molar-refractivity contribution is 0.0112. The summed E-state index contributed by atoms with van der Waals surface area (Å²) in [5, 5.41) is 11.1. The Balaban J connectivity index is 1.44. The third-order valence-corrected chi connectivity index (χ3v) is 5.44. The number of anilines is 1. The van der Waals surface area contributed by atoms with Crippen LogP contribution < -0.4 is 4.90 Å². The van der Waals surface area contributed by atoms with Crippen LogP contribution in [0.4, 0.5) is 5.95 Å². The van der Waals surface area contributed by atoms with Crippen LogP contribution in [-0.2, 0) is 5.60 Å². The van der Waals surface area contributed by atoms with Gasteiger partial charge in [-0.25, -0.2) is 9.97 Å². The van der Waals surface area contributed by atoms with Crippen LogP contribution in [0.5, 0.6) is 0 Å². The molecule has 4 aromatic rings. The number of hydrogen-bond donors (Lipinski definition) is 1. The number of rotatable bonds is 4. The van der Waals surface area contributed by atoms with Gasteiger partial charge in [0, 0.05) is 55.2 Å². The Hall–Kier alpha value is -3.65. The molecule has 150 valence electrons. The largest absolute Gasteiger partial charge is 0.463 e. The molecule has 8 nitrogen and oxygen atoms in total. The van der Waals surface area contributed by atoms with Crippen LogP contribution >= 0.6 is 0 Å². The van der Waals surface area contributed by atoms with Crippen molar-refractivity contribution in [2.45, 2.75) is 18.4 Å². The van der Waals surface area contributed by atoms with Gasteiger partial charge in [-0.1, -0.05) is 6.07 Å². The van der Waals surface area contributed by atoms with Gasteiger partial charge in [-0.15, -0.1) is 0 Å². The van der Waals surface area contributed by atoms with Gasteiger partial charge in [0.1, 0.15) is 5.69 Å². The first-order valence-electron chi connectivity index (χ1n) is 9.78. The Labute approximate surface area is 173 Å². The van der Waals surface area contributed by atoms with Crippen LogP contribution in [0.3, 0.4) is 0 Å². The van der Waals surface area contributed by atoms with Gasteiger partial charge in [-0.3, -0.25) is 15.0 Å². The number of hydrogen-bond acceptors (Lipinski definition) is 8. The van der Waals surface area contributed by atoms with Gasteiger partial charge < -0.3 is 14.4 Å². The summed E-state index contributed by atoms with van der Waals surface area (Å²) in [6, 6.07) is 7.46. The fourth-order valence-electron chi connectivity index (χ4n) is 3.75. The van der Waals surface area contributed by atoms with Crippen molar-refractivity contribution in [3.8, 4) is 22.7 Å². The lowest BCUT2D eigenvalue weighted by Gasteiger charge is -2.38. The van der Waals surface area contributed by atoms with Gasteiger partial charge in [0.15, 0.2) is 5.76 Å². The Morgan fingerprint density at radius 3 is 2.50 bits per heavy atom. The molecule has 1 fully saturated rings. The molecule has 4 aromatic heterocycles. The Kier molecular flexibility index (Phi) is 4.68. The summed E-state index contributed by atoms with van der Waals surface area (Å²) < 4.78 is 5.61. The SMILES string of the molecule is OC1(c2cccnc2)CCN(c2ncc(-c3cnccn3)c(-c3ccco3)n2)CC1. The minimum atomic E-state index is -0.881. The molecule has 5 heterocycles. The van der Waals surface area contributed by atoms with Crippen molar-refractivity contribution in [1.82, 2.24) is 24.9 Å². The van der Waals surface area contributed by atoms with E-state index in [4.69, 9.17) is 9.40 Å².